The van der Waals surface area contributed by atoms with E-state index in [9.17, 15) is 24.3 Å². The fourth-order valence-corrected chi connectivity index (χ4v) is 3.83. The summed E-state index contributed by atoms with van der Waals surface area (Å²) in [5.41, 5.74) is -0.250. The van der Waals surface area contributed by atoms with Crippen LogP contribution in [-0.4, -0.2) is 67.0 Å². The van der Waals surface area contributed by atoms with Crippen LogP contribution in [-0.2, 0) is 19.2 Å². The van der Waals surface area contributed by atoms with Crippen molar-refractivity contribution in [3.63, 3.8) is 0 Å². The number of β-lactam (4-membered cyclic amide) rings is 1. The highest BCUT2D eigenvalue weighted by atomic mass is 79.9. The Kier molecular flexibility index (Phi) is 5.09. The van der Waals surface area contributed by atoms with E-state index in [2.05, 4.69) is 26.4 Å². The number of hydrogen-bond donors (Lipinski definition) is 3. The number of fused-ring (bicyclic) bond motifs is 1. The molecule has 2 aliphatic heterocycles. The van der Waals surface area contributed by atoms with E-state index in [0.717, 1.165) is 4.90 Å². The van der Waals surface area contributed by atoms with Crippen molar-refractivity contribution < 1.29 is 29.5 Å². The van der Waals surface area contributed by atoms with Gasteiger partial charge in [-0.25, -0.2) is 4.79 Å². The normalized spacial score (nSPS) is 24.0. The summed E-state index contributed by atoms with van der Waals surface area (Å²) in [6.07, 6.45) is 0. The van der Waals surface area contributed by atoms with Gasteiger partial charge in [0.05, 0.1) is 5.33 Å². The van der Waals surface area contributed by atoms with Gasteiger partial charge in [0.2, 0.25) is 11.5 Å². The van der Waals surface area contributed by atoms with Crippen molar-refractivity contribution in [2.45, 2.75) is 18.3 Å². The Labute approximate surface area is 142 Å². The third-order valence-electron chi connectivity index (χ3n) is 3.35. The molecule has 0 aliphatic carbocycles. The van der Waals surface area contributed by atoms with E-state index >= 15 is 0 Å². The number of halogens is 1. The third kappa shape index (κ3) is 2.98. The molecule has 0 spiro atoms. The Balaban J connectivity index is 2.14. The van der Waals surface area contributed by atoms with Crippen LogP contribution in [0.25, 0.3) is 0 Å². The lowest BCUT2D eigenvalue weighted by atomic mass is 10.0. The zero-order valence-corrected chi connectivity index (χ0v) is 14.2. The second kappa shape index (κ2) is 6.71. The van der Waals surface area contributed by atoms with Gasteiger partial charge in [0.25, 0.3) is 11.8 Å². The first-order chi connectivity index (χ1) is 10.8. The zero-order chi connectivity index (χ0) is 17.3. The number of carboxylic acid groups (broad SMARTS) is 1. The summed E-state index contributed by atoms with van der Waals surface area (Å²) in [5, 5.41) is 22.1. The average molecular weight is 406 g/mol. The molecule has 1 unspecified atom stereocenters. The van der Waals surface area contributed by atoms with Gasteiger partial charge in [-0.3, -0.25) is 19.3 Å². The van der Waals surface area contributed by atoms with Crippen LogP contribution >= 0.6 is 27.7 Å². The molecule has 0 aromatic carbocycles. The summed E-state index contributed by atoms with van der Waals surface area (Å²) in [6.45, 7) is 1.62. The topological polar surface area (TPSA) is 136 Å². The van der Waals surface area contributed by atoms with Gasteiger partial charge in [0.1, 0.15) is 17.1 Å². The molecule has 0 saturated carbocycles. The van der Waals surface area contributed by atoms with Gasteiger partial charge in [0.15, 0.2) is 0 Å². The molecule has 9 nitrogen and oxygen atoms in total. The zero-order valence-electron chi connectivity index (χ0n) is 11.8. The minimum Gasteiger partial charge on any atom is -0.477 e. The molecule has 0 radical (unpaired) electrons. The fraction of sp³-hybridized carbons (Fsp3) is 0.417. The van der Waals surface area contributed by atoms with E-state index in [0.29, 0.717) is 11.3 Å². The summed E-state index contributed by atoms with van der Waals surface area (Å²) in [7, 11) is 0. The highest BCUT2D eigenvalue weighted by molar-refractivity contribution is 9.09. The van der Waals surface area contributed by atoms with E-state index in [1.54, 1.807) is 6.92 Å². The van der Waals surface area contributed by atoms with Crippen LogP contribution in [0.5, 0.6) is 0 Å². The lowest BCUT2D eigenvalue weighted by molar-refractivity contribution is -0.150. The van der Waals surface area contributed by atoms with Gasteiger partial charge in [-0.15, -0.1) is 11.8 Å². The average Bonchev–Trinajstić information content (AvgIpc) is 2.52. The van der Waals surface area contributed by atoms with Gasteiger partial charge < -0.3 is 15.6 Å². The molecule has 124 valence electrons. The largest absolute Gasteiger partial charge is 0.477 e. The molecule has 2 aliphatic rings. The summed E-state index contributed by atoms with van der Waals surface area (Å²) < 4.78 is 0. The SMILES string of the molecule is CC1=C(C(=O)O)N2C(=O)C(NC(=O)/C(=N\O)C(=O)CBr)[C@H]2SC1. The predicted octanol–water partition coefficient (Wildman–Crippen LogP) is -0.461. The Hall–Kier alpha value is -1.88. The molecule has 11 heteroatoms. The molecule has 0 aromatic rings. The van der Waals surface area contributed by atoms with Crippen molar-refractivity contribution >= 4 is 57.0 Å². The standard InChI is InChI=1S/C12H12BrN3O6S/c1-4-3-23-11-7(10(19)16(11)8(4)12(20)21)14-9(18)6(15-22)5(17)2-13/h7,11,22H,2-3H2,1H3,(H,14,18)(H,20,21)/b15-6-/t7?,11-/m1/s1. The van der Waals surface area contributed by atoms with Crippen molar-refractivity contribution in [2.24, 2.45) is 5.16 Å². The minimum atomic E-state index is -1.21. The Bertz CT molecular complexity index is 661. The van der Waals surface area contributed by atoms with Crippen molar-refractivity contribution in [1.29, 1.82) is 0 Å². The highest BCUT2D eigenvalue weighted by Gasteiger charge is 2.54. The number of nitrogens with one attached hydrogen (secondary N) is 1. The molecule has 0 bridgehead atoms. The first kappa shape index (κ1) is 17.5. The van der Waals surface area contributed by atoms with Crippen LogP contribution in [0.15, 0.2) is 16.4 Å². The Morgan fingerprint density at radius 2 is 2.13 bits per heavy atom. The van der Waals surface area contributed by atoms with Crippen LogP contribution in [0.4, 0.5) is 0 Å². The Morgan fingerprint density at radius 1 is 1.48 bits per heavy atom. The first-order valence-corrected chi connectivity index (χ1v) is 8.50. The number of thioether (sulfide) groups is 1. The fourth-order valence-electron chi connectivity index (χ4n) is 2.28. The minimum absolute atomic E-state index is 0.0863. The highest BCUT2D eigenvalue weighted by Crippen LogP contribution is 2.40. The number of rotatable bonds is 5. The number of carbonyl (C=O) groups is 4. The molecule has 23 heavy (non-hydrogen) atoms. The molecule has 2 heterocycles. The first-order valence-electron chi connectivity index (χ1n) is 6.33. The number of carboxylic acids is 1. The van der Waals surface area contributed by atoms with Crippen molar-refractivity contribution in [3.8, 4) is 0 Å². The molecule has 0 aromatic heterocycles. The molecule has 2 amide bonds. The number of alkyl halides is 1. The van der Waals surface area contributed by atoms with E-state index in [1.807, 2.05) is 0 Å². The lowest BCUT2D eigenvalue weighted by Crippen LogP contribution is -2.71. The second-order valence-electron chi connectivity index (χ2n) is 4.80. The van der Waals surface area contributed by atoms with E-state index < -0.39 is 40.7 Å². The van der Waals surface area contributed by atoms with E-state index in [1.165, 1.54) is 11.8 Å². The summed E-state index contributed by atoms with van der Waals surface area (Å²) >= 11 is 4.15. The van der Waals surface area contributed by atoms with Gasteiger partial charge in [0, 0.05) is 5.75 Å². The van der Waals surface area contributed by atoms with Crippen molar-refractivity contribution in [2.75, 3.05) is 11.1 Å². The quantitative estimate of drug-likeness (QED) is 0.140. The molecule has 3 N–H and O–H groups in total. The van der Waals surface area contributed by atoms with E-state index in [4.69, 9.17) is 5.21 Å². The number of Topliss-reactive ketones (excluding diaryl/α,β-unsaturated/α-hetero) is 1. The molecular weight excluding hydrogens is 394 g/mol. The number of nitrogens with zero attached hydrogens (tertiary/aromatic N) is 2. The number of oxime groups is 1. The van der Waals surface area contributed by atoms with Gasteiger partial charge in [-0.1, -0.05) is 21.1 Å². The maximum atomic E-state index is 12.1. The van der Waals surface area contributed by atoms with Crippen LogP contribution in [0.1, 0.15) is 6.92 Å². The number of ketones is 1. The van der Waals surface area contributed by atoms with Crippen molar-refractivity contribution in [1.82, 2.24) is 10.2 Å². The van der Waals surface area contributed by atoms with Gasteiger partial charge >= 0.3 is 5.97 Å². The van der Waals surface area contributed by atoms with Gasteiger partial charge in [-0.05, 0) is 12.5 Å². The number of amides is 2. The molecule has 1 fully saturated rings. The smallest absolute Gasteiger partial charge is 0.352 e. The number of hydrogen-bond acceptors (Lipinski definition) is 7. The van der Waals surface area contributed by atoms with Crippen LogP contribution in [0.3, 0.4) is 0 Å². The van der Waals surface area contributed by atoms with Crippen LogP contribution < -0.4 is 5.32 Å². The third-order valence-corrected chi connectivity index (χ3v) is 5.28. The van der Waals surface area contributed by atoms with E-state index in [-0.39, 0.29) is 11.0 Å². The molecule has 2 rings (SSSR count). The summed E-state index contributed by atoms with van der Waals surface area (Å²) in [6, 6.07) is -0.977. The lowest BCUT2D eigenvalue weighted by Gasteiger charge is -2.49. The molecule has 1 saturated heterocycles. The Morgan fingerprint density at radius 3 is 2.65 bits per heavy atom. The van der Waals surface area contributed by atoms with Crippen molar-refractivity contribution in [3.05, 3.63) is 11.3 Å². The van der Waals surface area contributed by atoms with Crippen LogP contribution in [0.2, 0.25) is 0 Å². The van der Waals surface area contributed by atoms with Gasteiger partial charge in [-0.2, -0.15) is 0 Å². The molecule has 2 atom stereocenters. The summed E-state index contributed by atoms with van der Waals surface area (Å²) in [4.78, 5) is 47.9. The molecular formula is C12H12BrN3O6S. The second-order valence-corrected chi connectivity index (χ2v) is 6.47. The maximum Gasteiger partial charge on any atom is 0.352 e. The summed E-state index contributed by atoms with van der Waals surface area (Å²) in [5.74, 6) is -3.12. The maximum absolute atomic E-state index is 12.1. The number of aliphatic carboxylic acids is 1. The predicted molar refractivity (Wildman–Crippen MR) is 83.4 cm³/mol. The number of carbonyl (C=O) groups excluding carboxylic acids is 3. The monoisotopic (exact) mass is 405 g/mol. The van der Waals surface area contributed by atoms with Crippen LogP contribution in [0, 0.1) is 0 Å².